The molecule has 0 aromatic heterocycles. The van der Waals surface area contributed by atoms with Crippen molar-refractivity contribution in [3.05, 3.63) is 64.7 Å². The SMILES string of the molecule is Cc1cc2c(cc1N(C(=O)O)C(C)(C)C)CN(Cc1ccccc1)C(=O)[C@H](N)C2. The van der Waals surface area contributed by atoms with Gasteiger partial charge in [0.15, 0.2) is 0 Å². The molecule has 0 radical (unpaired) electrons. The standard InChI is InChI=1S/C23H29N3O3/c1-15-10-17-11-19(24)21(27)25(13-16-8-6-5-7-9-16)14-18(17)12-20(15)26(22(28)29)23(2,3)4/h5-10,12,19H,11,13-14,24H2,1-4H3,(H,28,29)/t19-/m1/s1. The summed E-state index contributed by atoms with van der Waals surface area (Å²) in [6.07, 6.45) is -0.550. The van der Waals surface area contributed by atoms with Crippen LogP contribution in [0.4, 0.5) is 10.5 Å². The number of nitrogens with zero attached hydrogens (tertiary/aromatic N) is 2. The molecule has 3 rings (SSSR count). The number of benzene rings is 2. The van der Waals surface area contributed by atoms with Gasteiger partial charge in [-0.2, -0.15) is 0 Å². The zero-order valence-corrected chi connectivity index (χ0v) is 17.5. The minimum absolute atomic E-state index is 0.0878. The van der Waals surface area contributed by atoms with Crippen LogP contribution in [0.5, 0.6) is 0 Å². The lowest BCUT2D eigenvalue weighted by Crippen LogP contribution is -2.45. The Morgan fingerprint density at radius 3 is 2.45 bits per heavy atom. The van der Waals surface area contributed by atoms with Crippen LogP contribution in [-0.4, -0.2) is 33.6 Å². The number of amides is 2. The molecule has 0 saturated heterocycles. The molecule has 2 amide bonds. The normalized spacial score (nSPS) is 16.9. The molecule has 0 saturated carbocycles. The van der Waals surface area contributed by atoms with E-state index in [1.54, 1.807) is 4.90 Å². The number of carbonyl (C=O) groups is 2. The highest BCUT2D eigenvalue weighted by atomic mass is 16.4. The molecule has 154 valence electrons. The third kappa shape index (κ3) is 4.43. The quantitative estimate of drug-likeness (QED) is 0.830. The van der Waals surface area contributed by atoms with Crippen molar-refractivity contribution in [2.75, 3.05) is 4.90 Å². The topological polar surface area (TPSA) is 86.9 Å². The van der Waals surface area contributed by atoms with Crippen molar-refractivity contribution in [1.82, 2.24) is 4.90 Å². The van der Waals surface area contributed by atoms with Crippen molar-refractivity contribution >= 4 is 17.7 Å². The van der Waals surface area contributed by atoms with Gasteiger partial charge in [-0.25, -0.2) is 4.79 Å². The van der Waals surface area contributed by atoms with E-state index in [1.807, 2.05) is 70.2 Å². The van der Waals surface area contributed by atoms with Gasteiger partial charge in [0.2, 0.25) is 5.91 Å². The predicted octanol–water partition coefficient (Wildman–Crippen LogP) is 3.69. The Balaban J connectivity index is 2.03. The number of carboxylic acid groups (broad SMARTS) is 1. The lowest BCUT2D eigenvalue weighted by atomic mass is 9.96. The van der Waals surface area contributed by atoms with Crippen LogP contribution in [0, 0.1) is 6.92 Å². The van der Waals surface area contributed by atoms with E-state index in [0.717, 1.165) is 22.3 Å². The van der Waals surface area contributed by atoms with Crippen LogP contribution in [0.25, 0.3) is 0 Å². The first kappa shape index (κ1) is 20.9. The fraction of sp³-hybridized carbons (Fsp3) is 0.391. The van der Waals surface area contributed by atoms with Crippen molar-refractivity contribution in [2.24, 2.45) is 5.73 Å². The third-order valence-corrected chi connectivity index (χ3v) is 5.27. The molecule has 0 spiro atoms. The van der Waals surface area contributed by atoms with E-state index in [-0.39, 0.29) is 5.91 Å². The maximum Gasteiger partial charge on any atom is 0.412 e. The Kier molecular flexibility index (Phi) is 5.66. The van der Waals surface area contributed by atoms with Gasteiger partial charge < -0.3 is 15.7 Å². The van der Waals surface area contributed by atoms with Crippen LogP contribution in [0.2, 0.25) is 0 Å². The van der Waals surface area contributed by atoms with E-state index < -0.39 is 17.7 Å². The Morgan fingerprint density at radius 2 is 1.86 bits per heavy atom. The van der Waals surface area contributed by atoms with E-state index in [1.165, 1.54) is 4.90 Å². The molecule has 29 heavy (non-hydrogen) atoms. The molecule has 1 aliphatic rings. The molecule has 0 bridgehead atoms. The van der Waals surface area contributed by atoms with E-state index >= 15 is 0 Å². The van der Waals surface area contributed by atoms with E-state index in [2.05, 4.69) is 0 Å². The predicted molar refractivity (Wildman–Crippen MR) is 114 cm³/mol. The van der Waals surface area contributed by atoms with Crippen LogP contribution in [0.15, 0.2) is 42.5 Å². The first-order chi connectivity index (χ1) is 13.6. The highest BCUT2D eigenvalue weighted by molar-refractivity contribution is 5.89. The van der Waals surface area contributed by atoms with Crippen LogP contribution >= 0.6 is 0 Å². The summed E-state index contributed by atoms with van der Waals surface area (Å²) in [5.41, 5.74) is 10.1. The number of rotatable bonds is 3. The molecule has 1 aliphatic heterocycles. The molecule has 0 aliphatic carbocycles. The van der Waals surface area contributed by atoms with Gasteiger partial charge in [-0.05, 0) is 62.4 Å². The zero-order chi connectivity index (χ0) is 21.3. The molecule has 1 heterocycles. The number of hydrogen-bond acceptors (Lipinski definition) is 3. The van der Waals surface area contributed by atoms with Crippen molar-refractivity contribution < 1.29 is 14.7 Å². The minimum atomic E-state index is -0.997. The second-order valence-electron chi connectivity index (χ2n) is 8.69. The second-order valence-corrected chi connectivity index (χ2v) is 8.69. The summed E-state index contributed by atoms with van der Waals surface area (Å²) in [6.45, 7) is 8.38. The molecule has 6 nitrogen and oxygen atoms in total. The summed E-state index contributed by atoms with van der Waals surface area (Å²) >= 11 is 0. The zero-order valence-electron chi connectivity index (χ0n) is 17.5. The van der Waals surface area contributed by atoms with Crippen molar-refractivity contribution in [2.45, 2.75) is 58.8 Å². The number of fused-ring (bicyclic) bond motifs is 1. The molecule has 1 atom stereocenters. The lowest BCUT2D eigenvalue weighted by molar-refractivity contribution is -0.133. The fourth-order valence-electron chi connectivity index (χ4n) is 3.91. The molecule has 0 unspecified atom stereocenters. The van der Waals surface area contributed by atoms with Gasteiger partial charge in [-0.3, -0.25) is 9.69 Å². The van der Waals surface area contributed by atoms with Crippen LogP contribution in [-0.2, 0) is 24.3 Å². The average molecular weight is 396 g/mol. The highest BCUT2D eigenvalue weighted by Gasteiger charge is 2.32. The van der Waals surface area contributed by atoms with Gasteiger partial charge in [0, 0.05) is 18.6 Å². The molecular weight excluding hydrogens is 366 g/mol. The number of nitrogens with two attached hydrogens (primary N) is 1. The van der Waals surface area contributed by atoms with Crippen molar-refractivity contribution in [3.63, 3.8) is 0 Å². The number of hydrogen-bond donors (Lipinski definition) is 2. The Hall–Kier alpha value is -2.86. The monoisotopic (exact) mass is 395 g/mol. The van der Waals surface area contributed by atoms with Gasteiger partial charge in [0.1, 0.15) is 0 Å². The first-order valence-corrected chi connectivity index (χ1v) is 9.82. The summed E-state index contributed by atoms with van der Waals surface area (Å²) in [6, 6.07) is 13.1. The summed E-state index contributed by atoms with van der Waals surface area (Å²) in [4.78, 5) is 28.0. The lowest BCUT2D eigenvalue weighted by Gasteiger charge is -2.35. The molecule has 2 aromatic carbocycles. The maximum absolute atomic E-state index is 12.9. The smallest absolute Gasteiger partial charge is 0.412 e. The highest BCUT2D eigenvalue weighted by Crippen LogP contribution is 2.32. The van der Waals surface area contributed by atoms with Gasteiger partial charge in [-0.15, -0.1) is 0 Å². The van der Waals surface area contributed by atoms with Crippen LogP contribution in [0.1, 0.15) is 43.0 Å². The average Bonchev–Trinajstić information content (AvgIpc) is 2.73. The molecule has 6 heteroatoms. The Morgan fingerprint density at radius 1 is 1.21 bits per heavy atom. The third-order valence-electron chi connectivity index (χ3n) is 5.27. The molecular formula is C23H29N3O3. The summed E-state index contributed by atoms with van der Waals surface area (Å²) < 4.78 is 0. The van der Waals surface area contributed by atoms with Gasteiger partial charge >= 0.3 is 6.09 Å². The number of anilines is 1. The van der Waals surface area contributed by atoms with Crippen LogP contribution < -0.4 is 10.6 Å². The number of aryl methyl sites for hydroxylation is 1. The second kappa shape index (κ2) is 7.87. The van der Waals surface area contributed by atoms with Crippen molar-refractivity contribution in [3.8, 4) is 0 Å². The van der Waals surface area contributed by atoms with Gasteiger partial charge in [0.25, 0.3) is 0 Å². The Labute approximate surface area is 171 Å². The van der Waals surface area contributed by atoms with E-state index in [0.29, 0.717) is 25.2 Å². The fourth-order valence-corrected chi connectivity index (χ4v) is 3.91. The summed E-state index contributed by atoms with van der Waals surface area (Å²) in [7, 11) is 0. The van der Waals surface area contributed by atoms with Gasteiger partial charge in [-0.1, -0.05) is 36.4 Å². The van der Waals surface area contributed by atoms with E-state index in [9.17, 15) is 14.7 Å². The largest absolute Gasteiger partial charge is 0.465 e. The summed E-state index contributed by atoms with van der Waals surface area (Å²) in [5.74, 6) is -0.0878. The van der Waals surface area contributed by atoms with Gasteiger partial charge in [0.05, 0.1) is 11.7 Å². The minimum Gasteiger partial charge on any atom is -0.465 e. The molecule has 3 N–H and O–H groups in total. The van der Waals surface area contributed by atoms with Crippen molar-refractivity contribution in [1.29, 1.82) is 0 Å². The first-order valence-electron chi connectivity index (χ1n) is 9.82. The summed E-state index contributed by atoms with van der Waals surface area (Å²) in [5, 5.41) is 9.82. The Bertz CT molecular complexity index is 919. The van der Waals surface area contributed by atoms with E-state index in [4.69, 9.17) is 5.73 Å². The molecule has 2 aromatic rings. The molecule has 0 fully saturated rings. The number of carbonyl (C=O) groups excluding carboxylic acids is 1. The van der Waals surface area contributed by atoms with Crippen LogP contribution in [0.3, 0.4) is 0 Å². The maximum atomic E-state index is 12.9.